The van der Waals surface area contributed by atoms with E-state index >= 15 is 0 Å². The molecule has 0 bridgehead atoms. The number of carbonyl (C=O) groups excluding carboxylic acids is 1. The first-order valence-electron chi connectivity index (χ1n) is 7.37. The quantitative estimate of drug-likeness (QED) is 0.753. The van der Waals surface area contributed by atoms with E-state index in [-0.39, 0.29) is 11.9 Å². The SMILES string of the molecule is CCOc1cccc(N)c1C(=O)NC(C)C(CC)CC. The van der Waals surface area contributed by atoms with E-state index in [1.54, 1.807) is 18.2 Å². The summed E-state index contributed by atoms with van der Waals surface area (Å²) < 4.78 is 5.49. The first kappa shape index (κ1) is 16.3. The molecular formula is C16H26N2O2. The number of nitrogens with one attached hydrogen (secondary N) is 1. The summed E-state index contributed by atoms with van der Waals surface area (Å²) in [5.41, 5.74) is 6.82. The zero-order valence-corrected chi connectivity index (χ0v) is 12.9. The van der Waals surface area contributed by atoms with Crippen molar-refractivity contribution in [3.63, 3.8) is 0 Å². The van der Waals surface area contributed by atoms with Crippen molar-refractivity contribution < 1.29 is 9.53 Å². The van der Waals surface area contributed by atoms with Gasteiger partial charge in [0.2, 0.25) is 0 Å². The van der Waals surface area contributed by atoms with Gasteiger partial charge in [-0.1, -0.05) is 32.8 Å². The first-order valence-corrected chi connectivity index (χ1v) is 7.37. The van der Waals surface area contributed by atoms with Crippen LogP contribution in [-0.2, 0) is 0 Å². The molecule has 0 aliphatic carbocycles. The summed E-state index contributed by atoms with van der Waals surface area (Å²) in [4.78, 5) is 12.4. The van der Waals surface area contributed by atoms with Crippen LogP contribution in [0.25, 0.3) is 0 Å². The lowest BCUT2D eigenvalue weighted by Gasteiger charge is -2.23. The van der Waals surface area contributed by atoms with E-state index < -0.39 is 0 Å². The second-order valence-electron chi connectivity index (χ2n) is 4.99. The topological polar surface area (TPSA) is 64.3 Å². The zero-order chi connectivity index (χ0) is 15.1. The summed E-state index contributed by atoms with van der Waals surface area (Å²) in [5, 5.41) is 3.04. The molecule has 112 valence electrons. The van der Waals surface area contributed by atoms with Crippen LogP contribution in [0.3, 0.4) is 0 Å². The van der Waals surface area contributed by atoms with Crippen LogP contribution in [-0.4, -0.2) is 18.6 Å². The molecule has 0 spiro atoms. The molecule has 1 amide bonds. The van der Waals surface area contributed by atoms with Crippen molar-refractivity contribution in [2.45, 2.75) is 46.6 Å². The number of nitrogens with two attached hydrogens (primary N) is 1. The Bertz CT molecular complexity index is 442. The van der Waals surface area contributed by atoms with Crippen molar-refractivity contribution in [3.05, 3.63) is 23.8 Å². The van der Waals surface area contributed by atoms with E-state index in [9.17, 15) is 4.79 Å². The lowest BCUT2D eigenvalue weighted by Crippen LogP contribution is -2.38. The van der Waals surface area contributed by atoms with Crippen LogP contribution in [0.2, 0.25) is 0 Å². The van der Waals surface area contributed by atoms with Gasteiger partial charge in [0, 0.05) is 11.7 Å². The molecule has 1 unspecified atom stereocenters. The lowest BCUT2D eigenvalue weighted by atomic mass is 9.95. The van der Waals surface area contributed by atoms with Crippen molar-refractivity contribution in [2.75, 3.05) is 12.3 Å². The summed E-state index contributed by atoms with van der Waals surface area (Å²) in [6, 6.07) is 5.41. The normalized spacial score (nSPS) is 12.2. The summed E-state index contributed by atoms with van der Waals surface area (Å²) in [5.74, 6) is 0.854. The van der Waals surface area contributed by atoms with Crippen LogP contribution in [0.15, 0.2) is 18.2 Å². The average molecular weight is 278 g/mol. The number of anilines is 1. The van der Waals surface area contributed by atoms with Gasteiger partial charge in [-0.3, -0.25) is 4.79 Å². The predicted molar refractivity (Wildman–Crippen MR) is 83.0 cm³/mol. The highest BCUT2D eigenvalue weighted by Crippen LogP contribution is 2.25. The molecule has 0 aromatic heterocycles. The monoisotopic (exact) mass is 278 g/mol. The molecular weight excluding hydrogens is 252 g/mol. The third-order valence-corrected chi connectivity index (χ3v) is 3.70. The van der Waals surface area contributed by atoms with E-state index in [0.29, 0.717) is 29.5 Å². The van der Waals surface area contributed by atoms with E-state index in [1.165, 1.54) is 0 Å². The van der Waals surface area contributed by atoms with Crippen LogP contribution in [0, 0.1) is 5.92 Å². The maximum Gasteiger partial charge on any atom is 0.257 e. The predicted octanol–water partition coefficient (Wildman–Crippen LogP) is 3.22. The summed E-state index contributed by atoms with van der Waals surface area (Å²) >= 11 is 0. The molecule has 0 saturated carbocycles. The number of amides is 1. The number of benzene rings is 1. The van der Waals surface area contributed by atoms with Gasteiger partial charge in [-0.25, -0.2) is 0 Å². The molecule has 1 rings (SSSR count). The number of ether oxygens (including phenoxy) is 1. The van der Waals surface area contributed by atoms with Crippen LogP contribution < -0.4 is 15.8 Å². The Balaban J connectivity index is 2.92. The summed E-state index contributed by atoms with van der Waals surface area (Å²) in [6.07, 6.45) is 2.08. The van der Waals surface area contributed by atoms with Crippen LogP contribution in [0.5, 0.6) is 5.75 Å². The van der Waals surface area contributed by atoms with Gasteiger partial charge in [-0.2, -0.15) is 0 Å². The Morgan fingerprint density at radius 2 is 1.95 bits per heavy atom. The third-order valence-electron chi connectivity index (χ3n) is 3.70. The fourth-order valence-corrected chi connectivity index (χ4v) is 2.46. The highest BCUT2D eigenvalue weighted by Gasteiger charge is 2.21. The van der Waals surface area contributed by atoms with Crippen molar-refractivity contribution in [2.24, 2.45) is 5.92 Å². The second kappa shape index (κ2) is 7.78. The number of nitrogen functional groups attached to an aromatic ring is 1. The van der Waals surface area contributed by atoms with Crippen molar-refractivity contribution in [3.8, 4) is 5.75 Å². The molecule has 0 saturated heterocycles. The Labute approximate surface area is 121 Å². The zero-order valence-electron chi connectivity index (χ0n) is 12.9. The van der Waals surface area contributed by atoms with E-state index in [1.807, 2.05) is 13.8 Å². The minimum Gasteiger partial charge on any atom is -0.493 e. The summed E-state index contributed by atoms with van der Waals surface area (Å²) in [6.45, 7) is 8.71. The fourth-order valence-electron chi connectivity index (χ4n) is 2.46. The van der Waals surface area contributed by atoms with Gasteiger partial charge in [0.1, 0.15) is 11.3 Å². The molecule has 0 fully saturated rings. The lowest BCUT2D eigenvalue weighted by molar-refractivity contribution is 0.0922. The molecule has 20 heavy (non-hydrogen) atoms. The van der Waals surface area contributed by atoms with Crippen LogP contribution in [0.4, 0.5) is 5.69 Å². The molecule has 1 aromatic rings. The molecule has 1 aromatic carbocycles. The number of hydrogen-bond acceptors (Lipinski definition) is 3. The van der Waals surface area contributed by atoms with Crippen molar-refractivity contribution in [1.82, 2.24) is 5.32 Å². The van der Waals surface area contributed by atoms with Crippen LogP contribution >= 0.6 is 0 Å². The van der Waals surface area contributed by atoms with E-state index in [2.05, 4.69) is 19.2 Å². The van der Waals surface area contributed by atoms with Crippen molar-refractivity contribution in [1.29, 1.82) is 0 Å². The number of hydrogen-bond donors (Lipinski definition) is 2. The highest BCUT2D eigenvalue weighted by molar-refractivity contribution is 6.02. The fraction of sp³-hybridized carbons (Fsp3) is 0.562. The maximum absolute atomic E-state index is 12.4. The largest absolute Gasteiger partial charge is 0.493 e. The minimum atomic E-state index is -0.161. The van der Waals surface area contributed by atoms with Gasteiger partial charge >= 0.3 is 0 Å². The highest BCUT2D eigenvalue weighted by atomic mass is 16.5. The first-order chi connectivity index (χ1) is 9.54. The van der Waals surface area contributed by atoms with E-state index in [4.69, 9.17) is 10.5 Å². The minimum absolute atomic E-state index is 0.117. The third kappa shape index (κ3) is 3.89. The van der Waals surface area contributed by atoms with Crippen LogP contribution in [0.1, 0.15) is 50.9 Å². The maximum atomic E-state index is 12.4. The van der Waals surface area contributed by atoms with Gasteiger partial charge in [-0.05, 0) is 31.9 Å². The Hall–Kier alpha value is -1.71. The molecule has 0 aliphatic rings. The standard InChI is InChI=1S/C16H26N2O2/c1-5-12(6-2)11(4)18-16(19)15-13(17)9-8-10-14(15)20-7-3/h8-12H,5-7,17H2,1-4H3,(H,18,19). The Morgan fingerprint density at radius 3 is 2.50 bits per heavy atom. The van der Waals surface area contributed by atoms with E-state index in [0.717, 1.165) is 12.8 Å². The Morgan fingerprint density at radius 1 is 1.30 bits per heavy atom. The van der Waals surface area contributed by atoms with Gasteiger partial charge in [0.05, 0.1) is 6.61 Å². The molecule has 4 nitrogen and oxygen atoms in total. The molecule has 3 N–H and O–H groups in total. The van der Waals surface area contributed by atoms with Gasteiger partial charge in [-0.15, -0.1) is 0 Å². The number of carbonyl (C=O) groups is 1. The van der Waals surface area contributed by atoms with Gasteiger partial charge in [0.15, 0.2) is 0 Å². The van der Waals surface area contributed by atoms with Gasteiger partial charge in [0.25, 0.3) is 5.91 Å². The summed E-state index contributed by atoms with van der Waals surface area (Å²) in [7, 11) is 0. The molecule has 0 aliphatic heterocycles. The second-order valence-corrected chi connectivity index (χ2v) is 4.99. The molecule has 4 heteroatoms. The van der Waals surface area contributed by atoms with Gasteiger partial charge < -0.3 is 15.8 Å². The average Bonchev–Trinajstić information content (AvgIpc) is 2.40. The molecule has 0 heterocycles. The molecule has 1 atom stereocenters. The van der Waals surface area contributed by atoms with Crippen molar-refractivity contribution >= 4 is 11.6 Å². The molecule has 0 radical (unpaired) electrons. The Kier molecular flexibility index (Phi) is 6.36. The smallest absolute Gasteiger partial charge is 0.257 e. The number of rotatable bonds is 7.